The van der Waals surface area contributed by atoms with Crippen LogP contribution < -0.4 is 11.0 Å². The van der Waals surface area contributed by atoms with Crippen molar-refractivity contribution in [3.05, 3.63) is 22.9 Å². The highest BCUT2D eigenvalue weighted by Gasteiger charge is 2.12. The van der Waals surface area contributed by atoms with Crippen LogP contribution in [0.25, 0.3) is 0 Å². The van der Waals surface area contributed by atoms with Gasteiger partial charge in [0, 0.05) is 25.5 Å². The van der Waals surface area contributed by atoms with Crippen LogP contribution in [0.15, 0.2) is 17.2 Å². The molecule has 1 saturated heterocycles. The molecule has 16 heavy (non-hydrogen) atoms. The van der Waals surface area contributed by atoms with E-state index in [1.165, 1.54) is 0 Å². The lowest BCUT2D eigenvalue weighted by Crippen LogP contribution is -2.32. The Hall–Kier alpha value is -1.07. The van der Waals surface area contributed by atoms with E-state index < -0.39 is 0 Å². The van der Waals surface area contributed by atoms with Crippen LogP contribution in [0.4, 0.5) is 0 Å². The van der Waals surface area contributed by atoms with Gasteiger partial charge in [0.05, 0.1) is 6.10 Å². The maximum absolute atomic E-state index is 11.2. The molecule has 1 aromatic rings. The molecule has 1 aliphatic rings. The van der Waals surface area contributed by atoms with Crippen molar-refractivity contribution in [2.24, 2.45) is 0 Å². The monoisotopic (exact) mass is 225 g/mol. The number of nitrogens with zero attached hydrogens (tertiary/aromatic N) is 1. The molecule has 0 bridgehead atoms. The van der Waals surface area contributed by atoms with Crippen molar-refractivity contribution in [2.75, 3.05) is 19.7 Å². The first kappa shape index (κ1) is 11.4. The largest absolute Gasteiger partial charge is 0.378 e. The summed E-state index contributed by atoms with van der Waals surface area (Å²) in [6.07, 6.45) is 6.93. The summed E-state index contributed by atoms with van der Waals surface area (Å²) in [7, 11) is 0. The number of aromatic amines is 1. The number of aryl methyl sites for hydroxylation is 1. The Morgan fingerprint density at radius 1 is 1.44 bits per heavy atom. The molecule has 0 amide bonds. The van der Waals surface area contributed by atoms with E-state index in [0.717, 1.165) is 45.5 Å². The fraction of sp³-hybridized carbons (Fsp3) is 0.727. The Morgan fingerprint density at radius 2 is 2.25 bits per heavy atom. The molecule has 2 rings (SSSR count). The predicted molar refractivity (Wildman–Crippen MR) is 61.5 cm³/mol. The van der Waals surface area contributed by atoms with E-state index >= 15 is 0 Å². The zero-order valence-corrected chi connectivity index (χ0v) is 9.45. The SMILES string of the molecule is O=c1[nH]ccn1CCCOC1CCNCC1. The van der Waals surface area contributed by atoms with E-state index in [4.69, 9.17) is 4.74 Å². The van der Waals surface area contributed by atoms with E-state index in [1.807, 2.05) is 0 Å². The van der Waals surface area contributed by atoms with Crippen LogP contribution in [-0.2, 0) is 11.3 Å². The first-order chi connectivity index (χ1) is 7.86. The van der Waals surface area contributed by atoms with Gasteiger partial charge in [-0.05, 0) is 32.4 Å². The molecule has 5 nitrogen and oxygen atoms in total. The molecule has 0 aromatic carbocycles. The van der Waals surface area contributed by atoms with E-state index in [9.17, 15) is 4.79 Å². The van der Waals surface area contributed by atoms with Gasteiger partial charge in [-0.15, -0.1) is 0 Å². The van der Waals surface area contributed by atoms with Gasteiger partial charge in [0.15, 0.2) is 0 Å². The fourth-order valence-electron chi connectivity index (χ4n) is 1.97. The standard InChI is InChI=1S/C11H19N3O2/c15-11-13-6-8-14(11)7-1-9-16-10-2-4-12-5-3-10/h6,8,10,12H,1-5,7,9H2,(H,13,15). The smallest absolute Gasteiger partial charge is 0.325 e. The summed E-state index contributed by atoms with van der Waals surface area (Å²) in [5.74, 6) is 0. The first-order valence-electron chi connectivity index (χ1n) is 5.92. The number of H-pyrrole nitrogens is 1. The summed E-state index contributed by atoms with van der Waals surface area (Å²) in [5.41, 5.74) is -0.0399. The van der Waals surface area contributed by atoms with E-state index in [-0.39, 0.29) is 5.69 Å². The minimum absolute atomic E-state index is 0.0399. The van der Waals surface area contributed by atoms with Crippen molar-refractivity contribution in [1.29, 1.82) is 0 Å². The number of nitrogens with one attached hydrogen (secondary N) is 2. The van der Waals surface area contributed by atoms with Crippen molar-refractivity contribution in [2.45, 2.75) is 31.9 Å². The van der Waals surface area contributed by atoms with Gasteiger partial charge in [0.2, 0.25) is 0 Å². The molecule has 2 heterocycles. The van der Waals surface area contributed by atoms with Crippen molar-refractivity contribution in [3.8, 4) is 0 Å². The molecule has 90 valence electrons. The Bertz CT molecular complexity index is 352. The molecule has 0 saturated carbocycles. The fourth-order valence-corrected chi connectivity index (χ4v) is 1.97. The van der Waals surface area contributed by atoms with Crippen LogP contribution >= 0.6 is 0 Å². The number of aromatic nitrogens is 2. The zero-order chi connectivity index (χ0) is 11.2. The maximum atomic E-state index is 11.2. The normalized spacial score (nSPS) is 17.8. The third-order valence-electron chi connectivity index (χ3n) is 2.91. The van der Waals surface area contributed by atoms with Gasteiger partial charge in [-0.2, -0.15) is 0 Å². The maximum Gasteiger partial charge on any atom is 0.325 e. The van der Waals surface area contributed by atoms with Crippen LogP contribution in [0.2, 0.25) is 0 Å². The second kappa shape index (κ2) is 5.86. The molecular formula is C11H19N3O2. The lowest BCUT2D eigenvalue weighted by molar-refractivity contribution is 0.0300. The molecule has 1 aromatic heterocycles. The molecule has 2 N–H and O–H groups in total. The second-order valence-corrected chi connectivity index (χ2v) is 4.13. The highest BCUT2D eigenvalue weighted by atomic mass is 16.5. The van der Waals surface area contributed by atoms with E-state index in [0.29, 0.717) is 6.10 Å². The van der Waals surface area contributed by atoms with Gasteiger partial charge >= 0.3 is 5.69 Å². The number of hydrogen-bond donors (Lipinski definition) is 2. The predicted octanol–water partition coefficient (Wildman–Crippen LogP) is 0.335. The number of hydrogen-bond acceptors (Lipinski definition) is 3. The van der Waals surface area contributed by atoms with Crippen molar-refractivity contribution in [3.63, 3.8) is 0 Å². The summed E-state index contributed by atoms with van der Waals surface area (Å²) >= 11 is 0. The summed E-state index contributed by atoms with van der Waals surface area (Å²) in [6.45, 7) is 3.58. The quantitative estimate of drug-likeness (QED) is 0.710. The Labute approximate surface area is 94.8 Å². The average Bonchev–Trinajstić information content (AvgIpc) is 2.72. The lowest BCUT2D eigenvalue weighted by Gasteiger charge is -2.22. The third kappa shape index (κ3) is 3.21. The number of imidazole rings is 1. The van der Waals surface area contributed by atoms with Gasteiger partial charge in [-0.25, -0.2) is 4.79 Å². The van der Waals surface area contributed by atoms with Gasteiger partial charge in [-0.1, -0.05) is 0 Å². The molecule has 0 spiro atoms. The van der Waals surface area contributed by atoms with Crippen molar-refractivity contribution >= 4 is 0 Å². The first-order valence-corrected chi connectivity index (χ1v) is 5.92. The average molecular weight is 225 g/mol. The molecule has 0 radical (unpaired) electrons. The molecular weight excluding hydrogens is 206 g/mol. The molecule has 1 aliphatic heterocycles. The Morgan fingerprint density at radius 3 is 2.94 bits per heavy atom. The van der Waals surface area contributed by atoms with Gasteiger partial charge in [0.25, 0.3) is 0 Å². The highest BCUT2D eigenvalue weighted by molar-refractivity contribution is 4.75. The van der Waals surface area contributed by atoms with E-state index in [1.54, 1.807) is 17.0 Å². The number of piperidine rings is 1. The summed E-state index contributed by atoms with van der Waals surface area (Å²) in [4.78, 5) is 13.8. The number of rotatable bonds is 5. The highest BCUT2D eigenvalue weighted by Crippen LogP contribution is 2.07. The number of ether oxygens (including phenoxy) is 1. The van der Waals surface area contributed by atoms with Crippen LogP contribution in [0, 0.1) is 0 Å². The van der Waals surface area contributed by atoms with Gasteiger partial charge in [0.1, 0.15) is 0 Å². The van der Waals surface area contributed by atoms with Crippen LogP contribution in [0.3, 0.4) is 0 Å². The Balaban J connectivity index is 1.61. The van der Waals surface area contributed by atoms with Crippen molar-refractivity contribution < 1.29 is 4.74 Å². The molecule has 1 fully saturated rings. The zero-order valence-electron chi connectivity index (χ0n) is 9.45. The van der Waals surface area contributed by atoms with Crippen molar-refractivity contribution in [1.82, 2.24) is 14.9 Å². The van der Waals surface area contributed by atoms with E-state index in [2.05, 4.69) is 10.3 Å². The summed E-state index contributed by atoms with van der Waals surface area (Å²) in [5, 5.41) is 3.31. The van der Waals surface area contributed by atoms with Gasteiger partial charge < -0.3 is 15.0 Å². The van der Waals surface area contributed by atoms with Gasteiger partial charge in [-0.3, -0.25) is 4.57 Å². The molecule has 5 heteroatoms. The minimum Gasteiger partial charge on any atom is -0.378 e. The summed E-state index contributed by atoms with van der Waals surface area (Å²) in [6, 6.07) is 0. The lowest BCUT2D eigenvalue weighted by atomic mass is 10.1. The topological polar surface area (TPSA) is 59.0 Å². The minimum atomic E-state index is -0.0399. The Kier molecular flexibility index (Phi) is 4.18. The molecule has 0 unspecified atom stereocenters. The van der Waals surface area contributed by atoms with Crippen LogP contribution in [0.5, 0.6) is 0 Å². The summed E-state index contributed by atoms with van der Waals surface area (Å²) < 4.78 is 7.43. The van der Waals surface area contributed by atoms with Crippen LogP contribution in [-0.4, -0.2) is 35.4 Å². The molecule has 0 aliphatic carbocycles. The third-order valence-corrected chi connectivity index (χ3v) is 2.91. The van der Waals surface area contributed by atoms with Crippen LogP contribution in [0.1, 0.15) is 19.3 Å². The molecule has 0 atom stereocenters. The second-order valence-electron chi connectivity index (χ2n) is 4.13.